The summed E-state index contributed by atoms with van der Waals surface area (Å²) in [5.74, 6) is 3.14. The van der Waals surface area contributed by atoms with Gasteiger partial charge < -0.3 is 9.47 Å². The van der Waals surface area contributed by atoms with E-state index in [2.05, 4.69) is 38.0 Å². The lowest BCUT2D eigenvalue weighted by molar-refractivity contribution is -0.141. The van der Waals surface area contributed by atoms with Gasteiger partial charge in [-0.15, -0.1) is 11.5 Å². The van der Waals surface area contributed by atoms with Crippen LogP contribution in [0.5, 0.6) is 0 Å². The Kier molecular flexibility index (Phi) is 3.65. The van der Waals surface area contributed by atoms with Crippen LogP contribution in [-0.2, 0) is 9.47 Å². The molecule has 86 valence electrons. The quantitative estimate of drug-likeness (QED) is 0.505. The van der Waals surface area contributed by atoms with Crippen molar-refractivity contribution in [2.75, 3.05) is 6.61 Å². The average molecular weight is 226 g/mol. The Hall–Kier alpha value is -0.303. The first-order chi connectivity index (χ1) is 6.70. The summed E-state index contributed by atoms with van der Waals surface area (Å²) < 4.78 is 11.3. The van der Waals surface area contributed by atoms with Crippen LogP contribution < -0.4 is 0 Å². The molecule has 0 spiro atoms. The lowest BCUT2D eigenvalue weighted by Crippen LogP contribution is -2.25. The minimum atomic E-state index is -1.26. The molecule has 2 atom stereocenters. The highest BCUT2D eigenvalue weighted by atomic mass is 28.3. The summed E-state index contributed by atoms with van der Waals surface area (Å²) in [6.07, 6.45) is 0.129. The Morgan fingerprint density at radius 2 is 1.93 bits per heavy atom. The summed E-state index contributed by atoms with van der Waals surface area (Å²) in [6, 6.07) is 0. The molecule has 15 heavy (non-hydrogen) atoms. The maximum Gasteiger partial charge on any atom is 0.163 e. The summed E-state index contributed by atoms with van der Waals surface area (Å²) in [7, 11) is -1.26. The van der Waals surface area contributed by atoms with Crippen LogP contribution in [0.2, 0.25) is 19.6 Å². The van der Waals surface area contributed by atoms with Crippen molar-refractivity contribution < 1.29 is 9.47 Å². The third-order valence-corrected chi connectivity index (χ3v) is 3.16. The fraction of sp³-hybridized carbons (Fsp3) is 0.833. The molecule has 0 amide bonds. The van der Waals surface area contributed by atoms with Crippen LogP contribution in [0.4, 0.5) is 0 Å². The summed E-state index contributed by atoms with van der Waals surface area (Å²) in [5.41, 5.74) is 3.38. The van der Waals surface area contributed by atoms with Gasteiger partial charge in [0.25, 0.3) is 0 Å². The zero-order valence-electron chi connectivity index (χ0n) is 10.7. The molecule has 0 unspecified atom stereocenters. The predicted molar refractivity (Wildman–Crippen MR) is 65.2 cm³/mol. The maximum atomic E-state index is 5.77. The Balaban J connectivity index is 2.55. The maximum absolute atomic E-state index is 5.77. The van der Waals surface area contributed by atoms with Gasteiger partial charge in [-0.25, -0.2) is 0 Å². The van der Waals surface area contributed by atoms with E-state index < -0.39 is 13.9 Å². The van der Waals surface area contributed by atoms with E-state index in [0.29, 0.717) is 6.61 Å². The summed E-state index contributed by atoms with van der Waals surface area (Å²) in [6.45, 7) is 13.4. The molecule has 0 radical (unpaired) electrons. The summed E-state index contributed by atoms with van der Waals surface area (Å²) in [5, 5.41) is 0. The van der Waals surface area contributed by atoms with E-state index >= 15 is 0 Å². The molecule has 1 aliphatic rings. The Labute approximate surface area is 94.4 Å². The fourth-order valence-corrected chi connectivity index (χ4v) is 2.05. The van der Waals surface area contributed by atoms with E-state index in [1.54, 1.807) is 0 Å². The van der Waals surface area contributed by atoms with Gasteiger partial charge in [0, 0.05) is 5.92 Å². The molecular weight excluding hydrogens is 204 g/mol. The first-order valence-electron chi connectivity index (χ1n) is 5.54. The second-order valence-electron chi connectivity index (χ2n) is 5.68. The van der Waals surface area contributed by atoms with Crippen molar-refractivity contribution in [2.45, 2.75) is 52.3 Å². The molecule has 0 saturated carbocycles. The van der Waals surface area contributed by atoms with E-state index in [0.717, 1.165) is 0 Å². The number of hydrogen-bond donors (Lipinski definition) is 0. The third-order valence-electron chi connectivity index (χ3n) is 2.26. The smallest absolute Gasteiger partial charge is 0.163 e. The second-order valence-corrected chi connectivity index (χ2v) is 10.4. The van der Waals surface area contributed by atoms with Crippen molar-refractivity contribution in [3.8, 4) is 11.5 Å². The summed E-state index contributed by atoms with van der Waals surface area (Å²) in [4.78, 5) is 0. The highest BCUT2D eigenvalue weighted by Gasteiger charge is 2.35. The zero-order valence-corrected chi connectivity index (χ0v) is 11.7. The fourth-order valence-electron chi connectivity index (χ4n) is 1.39. The highest BCUT2D eigenvalue weighted by molar-refractivity contribution is 6.83. The SMILES string of the molecule is C[C@@H](C#C[Si](C)(C)C)[C@H]1COC(C)(C)O1. The standard InChI is InChI=1S/C12H22O2Si/c1-10(7-8-15(4,5)6)11-9-13-12(2,3)14-11/h10-11H,9H2,1-6H3/t10-,11+/m0/s1. The largest absolute Gasteiger partial charge is 0.348 e. The van der Waals surface area contributed by atoms with Gasteiger partial charge in [-0.3, -0.25) is 0 Å². The van der Waals surface area contributed by atoms with Crippen LogP contribution in [0.3, 0.4) is 0 Å². The molecule has 1 saturated heterocycles. The van der Waals surface area contributed by atoms with Gasteiger partial charge >= 0.3 is 0 Å². The molecule has 1 aliphatic heterocycles. The van der Waals surface area contributed by atoms with E-state index in [1.165, 1.54) is 0 Å². The van der Waals surface area contributed by atoms with Gasteiger partial charge in [0.05, 0.1) is 12.7 Å². The molecule has 0 aliphatic carbocycles. The van der Waals surface area contributed by atoms with Crippen molar-refractivity contribution in [1.29, 1.82) is 0 Å². The number of rotatable bonds is 1. The predicted octanol–water partition coefficient (Wildman–Crippen LogP) is 2.65. The molecule has 1 heterocycles. The van der Waals surface area contributed by atoms with Gasteiger partial charge in [-0.2, -0.15) is 0 Å². The highest BCUT2D eigenvalue weighted by Crippen LogP contribution is 2.26. The molecule has 1 fully saturated rings. The zero-order chi connectivity index (χ0) is 11.7. The van der Waals surface area contributed by atoms with E-state index in [1.807, 2.05) is 13.8 Å². The minimum Gasteiger partial charge on any atom is -0.348 e. The first kappa shape index (κ1) is 12.8. The van der Waals surface area contributed by atoms with Crippen molar-refractivity contribution in [3.63, 3.8) is 0 Å². The third kappa shape index (κ3) is 4.37. The Morgan fingerprint density at radius 3 is 2.33 bits per heavy atom. The van der Waals surface area contributed by atoms with Gasteiger partial charge in [0.1, 0.15) is 8.07 Å². The average Bonchev–Trinajstić information content (AvgIpc) is 2.40. The monoisotopic (exact) mass is 226 g/mol. The normalized spacial score (nSPS) is 26.9. The lowest BCUT2D eigenvalue weighted by atomic mass is 10.1. The molecule has 0 N–H and O–H groups in total. The van der Waals surface area contributed by atoms with Crippen molar-refractivity contribution >= 4 is 8.07 Å². The molecule has 0 bridgehead atoms. The Morgan fingerprint density at radius 1 is 1.33 bits per heavy atom. The molecule has 1 rings (SSSR count). The van der Waals surface area contributed by atoms with Crippen LogP contribution in [0.15, 0.2) is 0 Å². The lowest BCUT2D eigenvalue weighted by Gasteiger charge is -2.18. The minimum absolute atomic E-state index is 0.129. The van der Waals surface area contributed by atoms with Gasteiger partial charge in [-0.05, 0) is 20.8 Å². The van der Waals surface area contributed by atoms with Gasteiger partial charge in [-0.1, -0.05) is 19.6 Å². The van der Waals surface area contributed by atoms with Gasteiger partial charge in [0.2, 0.25) is 0 Å². The van der Waals surface area contributed by atoms with E-state index in [9.17, 15) is 0 Å². The molecule has 0 aromatic carbocycles. The Bertz CT molecular complexity index is 280. The van der Waals surface area contributed by atoms with Crippen LogP contribution in [0.25, 0.3) is 0 Å². The summed E-state index contributed by atoms with van der Waals surface area (Å²) >= 11 is 0. The second kappa shape index (κ2) is 4.29. The molecular formula is C12H22O2Si. The van der Waals surface area contributed by atoms with Crippen LogP contribution in [0, 0.1) is 17.4 Å². The van der Waals surface area contributed by atoms with E-state index in [4.69, 9.17) is 9.47 Å². The van der Waals surface area contributed by atoms with E-state index in [-0.39, 0.29) is 12.0 Å². The topological polar surface area (TPSA) is 18.5 Å². The number of hydrogen-bond acceptors (Lipinski definition) is 2. The van der Waals surface area contributed by atoms with Crippen molar-refractivity contribution in [1.82, 2.24) is 0 Å². The van der Waals surface area contributed by atoms with Crippen molar-refractivity contribution in [2.24, 2.45) is 5.92 Å². The molecule has 0 aromatic heterocycles. The molecule has 3 heteroatoms. The van der Waals surface area contributed by atoms with Crippen LogP contribution in [-0.4, -0.2) is 26.6 Å². The first-order valence-corrected chi connectivity index (χ1v) is 9.04. The van der Waals surface area contributed by atoms with Crippen LogP contribution >= 0.6 is 0 Å². The number of ether oxygens (including phenoxy) is 2. The molecule has 2 nitrogen and oxygen atoms in total. The van der Waals surface area contributed by atoms with Gasteiger partial charge in [0.15, 0.2) is 5.79 Å². The van der Waals surface area contributed by atoms with Crippen molar-refractivity contribution in [3.05, 3.63) is 0 Å². The molecule has 0 aromatic rings. The van der Waals surface area contributed by atoms with Crippen LogP contribution in [0.1, 0.15) is 20.8 Å².